The van der Waals surface area contributed by atoms with Gasteiger partial charge in [0, 0.05) is 10.9 Å². The predicted octanol–water partition coefficient (Wildman–Crippen LogP) is 5.03. The molecule has 0 saturated carbocycles. The molecule has 1 N–H and O–H groups in total. The zero-order chi connectivity index (χ0) is 23.1. The number of carbonyl (C=O) groups excluding carboxylic acids is 2. The van der Waals surface area contributed by atoms with Gasteiger partial charge in [-0.2, -0.15) is 0 Å². The number of aromatic nitrogens is 2. The van der Waals surface area contributed by atoms with Crippen LogP contribution in [0, 0.1) is 5.92 Å². The van der Waals surface area contributed by atoms with E-state index in [2.05, 4.69) is 19.2 Å². The van der Waals surface area contributed by atoms with Crippen molar-refractivity contribution in [3.63, 3.8) is 0 Å². The van der Waals surface area contributed by atoms with E-state index in [1.165, 1.54) is 0 Å². The fraction of sp³-hybridized carbons (Fsp3) is 0.360. The van der Waals surface area contributed by atoms with Gasteiger partial charge in [-0.05, 0) is 36.5 Å². The van der Waals surface area contributed by atoms with Crippen LogP contribution in [0.15, 0.2) is 42.5 Å². The fourth-order valence-corrected chi connectivity index (χ4v) is 3.56. The molecule has 7 nitrogen and oxygen atoms in total. The lowest BCUT2D eigenvalue weighted by molar-refractivity contribution is 0.112. The van der Waals surface area contributed by atoms with Gasteiger partial charge in [-0.15, -0.1) is 0 Å². The first-order chi connectivity index (χ1) is 15.4. The van der Waals surface area contributed by atoms with Gasteiger partial charge >= 0.3 is 6.09 Å². The smallest absolute Gasteiger partial charge is 0.408 e. The number of amides is 1. The van der Waals surface area contributed by atoms with Crippen LogP contribution in [0.5, 0.6) is 5.75 Å². The highest BCUT2D eigenvalue weighted by Crippen LogP contribution is 2.30. The molecule has 0 spiro atoms. The van der Waals surface area contributed by atoms with Crippen LogP contribution in [0.2, 0.25) is 0 Å². The Morgan fingerprint density at radius 2 is 1.91 bits per heavy atom. The van der Waals surface area contributed by atoms with E-state index in [0.717, 1.165) is 22.9 Å². The molecule has 0 aliphatic heterocycles. The number of hydrogen-bond donors (Lipinski definition) is 1. The van der Waals surface area contributed by atoms with E-state index >= 15 is 0 Å². The summed E-state index contributed by atoms with van der Waals surface area (Å²) in [7, 11) is 1.54. The van der Waals surface area contributed by atoms with Gasteiger partial charge in [0.15, 0.2) is 5.82 Å². The molecule has 0 radical (unpaired) electrons. The Balaban J connectivity index is 1.93. The van der Waals surface area contributed by atoms with Crippen molar-refractivity contribution in [1.82, 2.24) is 15.3 Å². The van der Waals surface area contributed by atoms with Gasteiger partial charge in [0.05, 0.1) is 18.8 Å². The van der Waals surface area contributed by atoms with Crippen molar-refractivity contribution < 1.29 is 19.1 Å². The Hall–Kier alpha value is -3.48. The molecule has 3 aromatic rings. The number of hydrogen-bond acceptors (Lipinski definition) is 6. The highest BCUT2D eigenvalue weighted by Gasteiger charge is 2.22. The first-order valence-electron chi connectivity index (χ1n) is 10.8. The second-order valence-electron chi connectivity index (χ2n) is 8.01. The molecule has 0 fully saturated rings. The summed E-state index contributed by atoms with van der Waals surface area (Å²) in [4.78, 5) is 33.4. The molecule has 0 aliphatic carbocycles. The lowest BCUT2D eigenvalue weighted by Crippen LogP contribution is -2.31. The molecule has 32 heavy (non-hydrogen) atoms. The maximum Gasteiger partial charge on any atom is 0.408 e. The van der Waals surface area contributed by atoms with Crippen molar-refractivity contribution in [3.8, 4) is 5.75 Å². The van der Waals surface area contributed by atoms with Crippen LogP contribution in [-0.4, -0.2) is 29.5 Å². The van der Waals surface area contributed by atoms with E-state index in [1.54, 1.807) is 19.2 Å². The van der Waals surface area contributed by atoms with Crippen molar-refractivity contribution in [2.24, 2.45) is 5.92 Å². The average Bonchev–Trinajstić information content (AvgIpc) is 2.81. The number of aryl methyl sites for hydroxylation is 1. The average molecular weight is 436 g/mol. The maximum absolute atomic E-state index is 12.6. The normalized spacial score (nSPS) is 11.9. The van der Waals surface area contributed by atoms with E-state index in [9.17, 15) is 9.59 Å². The number of carbonyl (C=O) groups is 2. The zero-order valence-corrected chi connectivity index (χ0v) is 18.9. The number of alkyl carbamates (subject to hydrolysis) is 1. The van der Waals surface area contributed by atoms with Crippen molar-refractivity contribution in [1.29, 1.82) is 0 Å². The minimum Gasteiger partial charge on any atom is -0.494 e. The van der Waals surface area contributed by atoms with Crippen LogP contribution in [0.3, 0.4) is 0 Å². The second kappa shape index (κ2) is 10.7. The summed E-state index contributed by atoms with van der Waals surface area (Å²) < 4.78 is 10.9. The molecule has 7 heteroatoms. The van der Waals surface area contributed by atoms with Gasteiger partial charge in [-0.3, -0.25) is 4.79 Å². The third-order valence-corrected chi connectivity index (χ3v) is 5.10. The number of rotatable bonds is 9. The molecule has 0 aliphatic rings. The number of nitrogens with one attached hydrogen (secondary N) is 1. The molecular formula is C25H29N3O4. The predicted molar refractivity (Wildman–Crippen MR) is 123 cm³/mol. The second-order valence-corrected chi connectivity index (χ2v) is 8.01. The molecule has 1 aromatic heterocycles. The van der Waals surface area contributed by atoms with Gasteiger partial charge in [-0.1, -0.05) is 51.1 Å². The summed E-state index contributed by atoms with van der Waals surface area (Å²) in [6.45, 7) is 6.32. The number of benzene rings is 2. The monoisotopic (exact) mass is 435 g/mol. The molecule has 1 atom stereocenters. The van der Waals surface area contributed by atoms with E-state index in [4.69, 9.17) is 19.4 Å². The van der Waals surface area contributed by atoms with Crippen LogP contribution < -0.4 is 10.1 Å². The topological polar surface area (TPSA) is 90.4 Å². The van der Waals surface area contributed by atoms with Crippen LogP contribution in [-0.2, 0) is 17.8 Å². The number of nitrogens with zero attached hydrogens (tertiary/aromatic N) is 2. The van der Waals surface area contributed by atoms with Crippen LogP contribution >= 0.6 is 0 Å². The highest BCUT2D eigenvalue weighted by atomic mass is 16.5. The van der Waals surface area contributed by atoms with E-state index in [-0.39, 0.29) is 12.5 Å². The van der Waals surface area contributed by atoms with E-state index in [0.29, 0.717) is 35.5 Å². The van der Waals surface area contributed by atoms with Gasteiger partial charge in [-0.25, -0.2) is 14.8 Å². The fourth-order valence-electron chi connectivity index (χ4n) is 3.56. The Kier molecular flexibility index (Phi) is 7.76. The molecule has 1 amide bonds. The van der Waals surface area contributed by atoms with Gasteiger partial charge < -0.3 is 14.8 Å². The Morgan fingerprint density at radius 1 is 1.16 bits per heavy atom. The zero-order valence-electron chi connectivity index (χ0n) is 18.9. The Labute approximate surface area is 188 Å². The van der Waals surface area contributed by atoms with Crippen molar-refractivity contribution in [2.75, 3.05) is 7.11 Å². The number of ether oxygens (including phenoxy) is 2. The third kappa shape index (κ3) is 5.60. The number of aldehydes is 1. The number of fused-ring (bicyclic) bond motifs is 1. The van der Waals surface area contributed by atoms with E-state index in [1.807, 2.05) is 37.3 Å². The quantitative estimate of drug-likeness (QED) is 0.474. The largest absolute Gasteiger partial charge is 0.494 e. The van der Waals surface area contributed by atoms with Crippen LogP contribution in [0.4, 0.5) is 4.79 Å². The minimum absolute atomic E-state index is 0.183. The summed E-state index contributed by atoms with van der Waals surface area (Å²) in [5.41, 5.74) is 2.82. The summed E-state index contributed by atoms with van der Waals surface area (Å²) in [6, 6.07) is 12.5. The molecule has 2 aromatic carbocycles. The molecular weight excluding hydrogens is 406 g/mol. The SMILES string of the molecule is CCc1nc(C(CC(C)C)NC(=O)OCc2ccccc2)nc2c(OC)cc(C=O)cc12. The summed E-state index contributed by atoms with van der Waals surface area (Å²) in [6.07, 6.45) is 1.54. The first-order valence-corrected chi connectivity index (χ1v) is 10.8. The molecule has 168 valence electrons. The summed E-state index contributed by atoms with van der Waals surface area (Å²) in [5.74, 6) is 1.29. The van der Waals surface area contributed by atoms with Crippen LogP contribution in [0.1, 0.15) is 60.7 Å². The summed E-state index contributed by atoms with van der Waals surface area (Å²) >= 11 is 0. The third-order valence-electron chi connectivity index (χ3n) is 5.10. The first kappa shape index (κ1) is 23.2. The Morgan fingerprint density at radius 3 is 2.53 bits per heavy atom. The molecule has 0 bridgehead atoms. The standard InChI is InChI=1S/C25H29N3O4/c1-5-20-19-12-18(14-29)13-22(31-4)23(19)28-24(26-20)21(11-16(2)3)27-25(30)32-15-17-9-7-6-8-10-17/h6-10,12-14,16,21H,5,11,15H2,1-4H3,(H,27,30). The lowest BCUT2D eigenvalue weighted by atomic mass is 10.0. The lowest BCUT2D eigenvalue weighted by Gasteiger charge is -2.21. The van der Waals surface area contributed by atoms with Crippen molar-refractivity contribution in [2.45, 2.75) is 46.3 Å². The highest BCUT2D eigenvalue weighted by molar-refractivity contribution is 5.92. The Bertz CT molecular complexity index is 1080. The molecule has 3 rings (SSSR count). The van der Waals surface area contributed by atoms with Crippen molar-refractivity contribution >= 4 is 23.3 Å². The maximum atomic E-state index is 12.6. The van der Waals surface area contributed by atoms with Gasteiger partial charge in [0.25, 0.3) is 0 Å². The van der Waals surface area contributed by atoms with Crippen molar-refractivity contribution in [3.05, 3.63) is 65.1 Å². The van der Waals surface area contributed by atoms with E-state index < -0.39 is 12.1 Å². The molecule has 1 heterocycles. The van der Waals surface area contributed by atoms with Gasteiger partial charge in [0.1, 0.15) is 24.2 Å². The summed E-state index contributed by atoms with van der Waals surface area (Å²) in [5, 5.41) is 3.70. The minimum atomic E-state index is -0.524. The van der Waals surface area contributed by atoms with Gasteiger partial charge in [0.2, 0.25) is 0 Å². The molecule has 0 saturated heterocycles. The van der Waals surface area contributed by atoms with Crippen LogP contribution in [0.25, 0.3) is 10.9 Å². The molecule has 1 unspecified atom stereocenters. The number of methoxy groups -OCH3 is 1.